The molecule has 0 amide bonds. The molecule has 4 atom stereocenters. The molecule has 176 valence electrons. The average molecular weight is 444 g/mol. The van der Waals surface area contributed by atoms with Crippen LogP contribution in [0.2, 0.25) is 0 Å². The van der Waals surface area contributed by atoms with Gasteiger partial charge in [0, 0.05) is 26.2 Å². The summed E-state index contributed by atoms with van der Waals surface area (Å²) >= 11 is 0. The summed E-state index contributed by atoms with van der Waals surface area (Å²) in [5, 5.41) is 10.9. The number of aliphatic hydroxyl groups is 1. The maximum atomic E-state index is 10.9. The van der Waals surface area contributed by atoms with Crippen molar-refractivity contribution in [1.29, 1.82) is 0 Å². The van der Waals surface area contributed by atoms with Crippen molar-refractivity contribution < 1.29 is 24.1 Å². The quantitative estimate of drug-likeness (QED) is 0.396. The van der Waals surface area contributed by atoms with Gasteiger partial charge in [-0.3, -0.25) is 4.90 Å². The van der Waals surface area contributed by atoms with Crippen LogP contribution in [-0.4, -0.2) is 60.7 Å². The third-order valence-electron chi connectivity index (χ3n) is 5.76. The number of aliphatic hydroxyl groups excluding tert-OH is 1. The number of ether oxygens (including phenoxy) is 4. The van der Waals surface area contributed by atoms with E-state index in [1.54, 1.807) is 7.11 Å². The van der Waals surface area contributed by atoms with Crippen LogP contribution in [0.5, 0.6) is 0 Å². The van der Waals surface area contributed by atoms with E-state index in [4.69, 9.17) is 18.9 Å². The first-order chi connectivity index (χ1) is 15.4. The molecule has 6 nitrogen and oxygen atoms in total. The van der Waals surface area contributed by atoms with Crippen LogP contribution in [0.4, 0.5) is 0 Å². The maximum Gasteiger partial charge on any atom is 0.163 e. The Kier molecular flexibility index (Phi) is 9.22. The highest BCUT2D eigenvalue weighted by Crippen LogP contribution is 2.35. The van der Waals surface area contributed by atoms with E-state index in [1.807, 2.05) is 26.0 Å². The molecule has 1 saturated heterocycles. The molecule has 2 aromatic rings. The second-order valence-corrected chi connectivity index (χ2v) is 8.76. The van der Waals surface area contributed by atoms with Gasteiger partial charge < -0.3 is 24.1 Å². The summed E-state index contributed by atoms with van der Waals surface area (Å²) in [6.45, 7) is 7.76. The molecule has 1 fully saturated rings. The third kappa shape index (κ3) is 6.85. The third-order valence-corrected chi connectivity index (χ3v) is 5.76. The Hall–Kier alpha value is -1.80. The molecule has 0 bridgehead atoms. The van der Waals surface area contributed by atoms with Crippen molar-refractivity contribution in [3.8, 4) is 0 Å². The molecule has 0 unspecified atom stereocenters. The smallest absolute Gasteiger partial charge is 0.163 e. The van der Waals surface area contributed by atoms with Crippen LogP contribution in [0.3, 0.4) is 0 Å². The normalized spacial score (nSPS) is 22.2. The molecule has 1 N–H and O–H groups in total. The van der Waals surface area contributed by atoms with Crippen molar-refractivity contribution in [2.24, 2.45) is 0 Å². The van der Waals surface area contributed by atoms with Crippen LogP contribution in [0.1, 0.15) is 38.3 Å². The lowest BCUT2D eigenvalue weighted by Gasteiger charge is -2.37. The molecule has 2 aromatic carbocycles. The highest BCUT2D eigenvalue weighted by atomic mass is 16.8. The van der Waals surface area contributed by atoms with Crippen molar-refractivity contribution in [2.45, 2.75) is 70.4 Å². The molecule has 0 aromatic heterocycles. The molecule has 0 aliphatic carbocycles. The Morgan fingerprint density at radius 3 is 1.97 bits per heavy atom. The van der Waals surface area contributed by atoms with Crippen molar-refractivity contribution in [3.05, 3.63) is 71.8 Å². The summed E-state index contributed by atoms with van der Waals surface area (Å²) in [4.78, 5) is 2.43. The van der Waals surface area contributed by atoms with Gasteiger partial charge in [-0.05, 0) is 31.4 Å². The Morgan fingerprint density at radius 2 is 1.47 bits per heavy atom. The van der Waals surface area contributed by atoms with Gasteiger partial charge in [-0.15, -0.1) is 0 Å². The van der Waals surface area contributed by atoms with E-state index in [1.165, 1.54) is 11.1 Å². The van der Waals surface area contributed by atoms with Crippen LogP contribution >= 0.6 is 0 Å². The molecule has 0 radical (unpaired) electrons. The standard InChI is InChI=1S/C26H37NO5/c1-5-22(24-25(32-26(2,3)31-24)23(28)18-30-19-29-4)27(16-20-12-8-6-9-13-20)17-21-14-10-7-11-15-21/h6-15,22-25,28H,5,16-19H2,1-4H3/t22-,23-,24+,25+/m1/s1. The topological polar surface area (TPSA) is 60.4 Å². The minimum atomic E-state index is -0.818. The van der Waals surface area contributed by atoms with Gasteiger partial charge >= 0.3 is 0 Å². The number of rotatable bonds is 12. The maximum absolute atomic E-state index is 10.9. The number of hydrogen-bond donors (Lipinski definition) is 1. The predicted octanol–water partition coefficient (Wildman–Crippen LogP) is 3.97. The minimum absolute atomic E-state index is 0.0410. The Balaban J connectivity index is 1.85. The monoisotopic (exact) mass is 443 g/mol. The van der Waals surface area contributed by atoms with Crippen LogP contribution in [0.25, 0.3) is 0 Å². The lowest BCUT2D eigenvalue weighted by atomic mass is 9.96. The van der Waals surface area contributed by atoms with Gasteiger partial charge in [-0.2, -0.15) is 0 Å². The highest BCUT2D eigenvalue weighted by molar-refractivity contribution is 5.18. The first-order valence-corrected chi connectivity index (χ1v) is 11.4. The largest absolute Gasteiger partial charge is 0.388 e. The van der Waals surface area contributed by atoms with Gasteiger partial charge in [0.05, 0.1) is 6.61 Å². The van der Waals surface area contributed by atoms with Gasteiger partial charge in [0.15, 0.2) is 5.79 Å². The van der Waals surface area contributed by atoms with E-state index in [-0.39, 0.29) is 25.5 Å². The molecular weight excluding hydrogens is 406 g/mol. The predicted molar refractivity (Wildman–Crippen MR) is 124 cm³/mol. The highest BCUT2D eigenvalue weighted by Gasteiger charge is 2.49. The van der Waals surface area contributed by atoms with Crippen LogP contribution in [0, 0.1) is 0 Å². The number of hydrogen-bond acceptors (Lipinski definition) is 6. The fraction of sp³-hybridized carbons (Fsp3) is 0.538. The molecule has 1 aliphatic heterocycles. The minimum Gasteiger partial charge on any atom is -0.388 e. The summed E-state index contributed by atoms with van der Waals surface area (Å²) in [5.74, 6) is -0.782. The van der Waals surface area contributed by atoms with E-state index in [2.05, 4.69) is 60.4 Å². The molecular formula is C26H37NO5. The number of benzene rings is 2. The van der Waals surface area contributed by atoms with Crippen LogP contribution < -0.4 is 0 Å². The van der Waals surface area contributed by atoms with Crippen molar-refractivity contribution in [1.82, 2.24) is 4.90 Å². The Labute approximate surface area is 192 Å². The van der Waals surface area contributed by atoms with E-state index < -0.39 is 18.0 Å². The first-order valence-electron chi connectivity index (χ1n) is 11.4. The zero-order valence-corrected chi connectivity index (χ0v) is 19.6. The molecule has 1 aliphatic rings. The lowest BCUT2D eigenvalue weighted by molar-refractivity contribution is -0.164. The zero-order chi connectivity index (χ0) is 23.0. The van der Waals surface area contributed by atoms with E-state index in [0.29, 0.717) is 0 Å². The Morgan fingerprint density at radius 1 is 0.938 bits per heavy atom. The SMILES string of the molecule is CC[C@H]([C@@H]1OC(C)(C)O[C@H]1[C@H](O)COCOC)N(Cc1ccccc1)Cc1ccccc1. The summed E-state index contributed by atoms with van der Waals surface area (Å²) in [6.07, 6.45) is -0.767. The summed E-state index contributed by atoms with van der Waals surface area (Å²) in [6, 6.07) is 20.9. The van der Waals surface area contributed by atoms with Gasteiger partial charge in [0.2, 0.25) is 0 Å². The second-order valence-electron chi connectivity index (χ2n) is 8.76. The average Bonchev–Trinajstić information content (AvgIpc) is 3.11. The summed E-state index contributed by atoms with van der Waals surface area (Å²) < 4.78 is 22.9. The summed E-state index contributed by atoms with van der Waals surface area (Å²) in [5.41, 5.74) is 2.47. The molecule has 3 rings (SSSR count). The summed E-state index contributed by atoms with van der Waals surface area (Å²) in [7, 11) is 1.56. The van der Waals surface area contributed by atoms with Crippen molar-refractivity contribution in [3.63, 3.8) is 0 Å². The zero-order valence-electron chi connectivity index (χ0n) is 19.6. The van der Waals surface area contributed by atoms with Crippen LogP contribution in [-0.2, 0) is 32.0 Å². The molecule has 32 heavy (non-hydrogen) atoms. The lowest BCUT2D eigenvalue weighted by Crippen LogP contribution is -2.51. The fourth-order valence-electron chi connectivity index (χ4n) is 4.38. The van der Waals surface area contributed by atoms with Gasteiger partial charge in [-0.1, -0.05) is 67.6 Å². The molecule has 0 saturated carbocycles. The van der Waals surface area contributed by atoms with E-state index in [0.717, 1.165) is 19.5 Å². The van der Waals surface area contributed by atoms with E-state index >= 15 is 0 Å². The van der Waals surface area contributed by atoms with E-state index in [9.17, 15) is 5.11 Å². The molecule has 1 heterocycles. The van der Waals surface area contributed by atoms with Gasteiger partial charge in [0.25, 0.3) is 0 Å². The first kappa shape index (κ1) is 24.8. The second kappa shape index (κ2) is 11.9. The van der Waals surface area contributed by atoms with Crippen molar-refractivity contribution >= 4 is 0 Å². The van der Waals surface area contributed by atoms with Gasteiger partial charge in [0.1, 0.15) is 25.1 Å². The van der Waals surface area contributed by atoms with Crippen LogP contribution in [0.15, 0.2) is 60.7 Å². The number of nitrogens with zero attached hydrogens (tertiary/aromatic N) is 1. The molecule has 0 spiro atoms. The Bertz CT molecular complexity index is 744. The number of methoxy groups -OCH3 is 1. The molecule has 6 heteroatoms. The fourth-order valence-corrected chi connectivity index (χ4v) is 4.38. The van der Waals surface area contributed by atoms with Gasteiger partial charge in [-0.25, -0.2) is 0 Å². The van der Waals surface area contributed by atoms with Crippen molar-refractivity contribution in [2.75, 3.05) is 20.5 Å².